The van der Waals surface area contributed by atoms with E-state index in [1.807, 2.05) is 0 Å². The zero-order valence-electron chi connectivity index (χ0n) is 6.60. The van der Waals surface area contributed by atoms with Crippen LogP contribution >= 0.6 is 0 Å². The van der Waals surface area contributed by atoms with E-state index in [0.717, 1.165) is 19.1 Å². The summed E-state index contributed by atoms with van der Waals surface area (Å²) in [5.74, 6) is 0.0915. The molecule has 3 atom stereocenters. The molecule has 1 heterocycles. The molecule has 68 valence electrons. The van der Waals surface area contributed by atoms with Crippen molar-refractivity contribution in [3.63, 3.8) is 0 Å². The molecule has 2 aliphatic rings. The Kier molecular flexibility index (Phi) is 2.10. The molecule has 0 spiro atoms. The molecule has 1 aliphatic heterocycles. The lowest BCUT2D eigenvalue weighted by Crippen LogP contribution is -2.40. The average molecular weight is 171 g/mol. The third kappa shape index (κ3) is 1.25. The van der Waals surface area contributed by atoms with Gasteiger partial charge in [-0.1, -0.05) is 0 Å². The van der Waals surface area contributed by atoms with Crippen LogP contribution in [0.2, 0.25) is 0 Å². The number of hydrogen-bond acceptors (Lipinski definition) is 5. The molecular weight excluding hydrogens is 160 g/mol. The van der Waals surface area contributed by atoms with Gasteiger partial charge in [0.15, 0.2) is 0 Å². The van der Waals surface area contributed by atoms with Crippen molar-refractivity contribution in [2.45, 2.75) is 31.3 Å². The summed E-state index contributed by atoms with van der Waals surface area (Å²) in [6.45, 7) is 0. The third-order valence-electron chi connectivity index (χ3n) is 2.61. The van der Waals surface area contributed by atoms with Gasteiger partial charge in [-0.05, 0) is 19.3 Å². The maximum Gasteiger partial charge on any atom is 0.123 e. The molecule has 5 heteroatoms. The first-order valence-electron chi connectivity index (χ1n) is 4.15. The number of fused-ring (bicyclic) bond motifs is 1. The molecule has 0 aromatic rings. The quantitative estimate of drug-likeness (QED) is 0.561. The minimum Gasteiger partial charge on any atom is -0.760 e. The first-order chi connectivity index (χ1) is 5.81. The zero-order valence-corrected chi connectivity index (χ0v) is 6.60. The van der Waals surface area contributed by atoms with Gasteiger partial charge in [0.05, 0.1) is 6.04 Å². The Balaban J connectivity index is 1.99. The molecule has 0 aromatic carbocycles. The predicted molar refractivity (Wildman–Crippen MR) is 40.4 cm³/mol. The maximum absolute atomic E-state index is 10.9. The van der Waals surface area contributed by atoms with Crippen LogP contribution in [0.15, 0.2) is 0 Å². The van der Waals surface area contributed by atoms with Gasteiger partial charge >= 0.3 is 0 Å². The van der Waals surface area contributed by atoms with Crippen LogP contribution in [0.3, 0.4) is 0 Å². The fourth-order valence-corrected chi connectivity index (χ4v) is 1.88. The molecule has 5 nitrogen and oxygen atoms in total. The molecule has 1 aliphatic carbocycles. The summed E-state index contributed by atoms with van der Waals surface area (Å²) in [6, 6.07) is -0.0624. The number of hydroxylamine groups is 3. The molecule has 0 aromatic heterocycles. The summed E-state index contributed by atoms with van der Waals surface area (Å²) in [6.07, 6.45) is 3.22. The predicted octanol–water partition coefficient (Wildman–Crippen LogP) is -0.0278. The van der Waals surface area contributed by atoms with Crippen molar-refractivity contribution in [2.24, 2.45) is 5.92 Å². The Morgan fingerprint density at radius 3 is 3.17 bits per heavy atom. The summed E-state index contributed by atoms with van der Waals surface area (Å²) in [7, 11) is 0. The Hall–Kier alpha value is -0.490. The van der Waals surface area contributed by atoms with E-state index in [2.05, 4.69) is 10.4 Å². The molecule has 1 N–H and O–H groups in total. The molecule has 2 rings (SSSR count). The van der Waals surface area contributed by atoms with Gasteiger partial charge in [-0.25, -0.2) is 10.2 Å². The van der Waals surface area contributed by atoms with Gasteiger partial charge in [0.25, 0.3) is 0 Å². The highest BCUT2D eigenvalue weighted by Gasteiger charge is 2.36. The summed E-state index contributed by atoms with van der Waals surface area (Å²) < 4.78 is 0. The average Bonchev–Trinajstić information content (AvgIpc) is 2.47. The van der Waals surface area contributed by atoms with Crippen molar-refractivity contribution in [3.8, 4) is 0 Å². The fraction of sp³-hybridized carbons (Fsp3) is 0.857. The molecule has 1 saturated carbocycles. The van der Waals surface area contributed by atoms with E-state index >= 15 is 0 Å². The first-order valence-corrected chi connectivity index (χ1v) is 4.15. The lowest BCUT2D eigenvalue weighted by Gasteiger charge is -2.32. The minimum absolute atomic E-state index is 0.0337. The minimum atomic E-state index is -0.0961. The fourth-order valence-electron chi connectivity index (χ4n) is 1.88. The number of hydrogen-bond donors (Lipinski definition) is 1. The van der Waals surface area contributed by atoms with Gasteiger partial charge in [0.2, 0.25) is 0 Å². The molecule has 3 unspecified atom stereocenters. The number of carbonyl (C=O) groups excluding carboxylic acids is 1. The lowest BCUT2D eigenvalue weighted by atomic mass is 9.84. The van der Waals surface area contributed by atoms with Crippen molar-refractivity contribution in [2.75, 3.05) is 0 Å². The Labute approximate surface area is 70.2 Å². The number of rotatable bonds is 1. The van der Waals surface area contributed by atoms with E-state index in [-0.39, 0.29) is 18.0 Å². The molecule has 12 heavy (non-hydrogen) atoms. The normalized spacial score (nSPS) is 42.6. The van der Waals surface area contributed by atoms with Crippen LogP contribution in [0.5, 0.6) is 0 Å². The third-order valence-corrected chi connectivity index (χ3v) is 2.61. The van der Waals surface area contributed by atoms with Crippen LogP contribution in [0.1, 0.15) is 19.3 Å². The van der Waals surface area contributed by atoms with Crippen LogP contribution in [-0.2, 0) is 9.73 Å². The largest absolute Gasteiger partial charge is 0.760 e. The highest BCUT2D eigenvalue weighted by molar-refractivity contribution is 5.53. The standard InChI is InChI=1S/C7H11N2O3/c10-4-5-1-2-7-6(3-5)8-12-9(7)11/h4-8H,1-3H2/q-1. The lowest BCUT2D eigenvalue weighted by molar-refractivity contribution is -0.137. The van der Waals surface area contributed by atoms with E-state index in [9.17, 15) is 10.0 Å². The number of nitrogens with one attached hydrogen (secondary N) is 1. The van der Waals surface area contributed by atoms with E-state index < -0.39 is 0 Å². The van der Waals surface area contributed by atoms with E-state index in [0.29, 0.717) is 11.6 Å². The topological polar surface area (TPSA) is 64.6 Å². The number of nitrogens with zero attached hydrogens (tertiary/aromatic N) is 1. The van der Waals surface area contributed by atoms with Crippen LogP contribution in [0.4, 0.5) is 0 Å². The summed E-state index contributed by atoms with van der Waals surface area (Å²) in [5, 5.41) is 11.6. The summed E-state index contributed by atoms with van der Waals surface area (Å²) >= 11 is 0. The summed E-state index contributed by atoms with van der Waals surface area (Å²) in [5.41, 5.74) is 2.63. The highest BCUT2D eigenvalue weighted by Crippen LogP contribution is 2.29. The van der Waals surface area contributed by atoms with Crippen LogP contribution in [0.25, 0.3) is 0 Å². The molecule has 1 saturated heterocycles. The second-order valence-electron chi connectivity index (χ2n) is 3.38. The molecule has 0 amide bonds. The van der Waals surface area contributed by atoms with Gasteiger partial charge in [0, 0.05) is 12.0 Å². The summed E-state index contributed by atoms with van der Waals surface area (Å²) in [4.78, 5) is 15.1. The van der Waals surface area contributed by atoms with E-state index in [1.54, 1.807) is 0 Å². The van der Waals surface area contributed by atoms with Gasteiger partial charge in [0.1, 0.15) is 6.29 Å². The van der Waals surface area contributed by atoms with Crippen LogP contribution in [-0.4, -0.2) is 23.6 Å². The van der Waals surface area contributed by atoms with Crippen molar-refractivity contribution in [1.29, 1.82) is 0 Å². The van der Waals surface area contributed by atoms with E-state index in [4.69, 9.17) is 0 Å². The van der Waals surface area contributed by atoms with Crippen LogP contribution < -0.4 is 5.48 Å². The molecule has 2 fully saturated rings. The smallest absolute Gasteiger partial charge is 0.123 e. The zero-order chi connectivity index (χ0) is 8.55. The van der Waals surface area contributed by atoms with Gasteiger partial charge in [-0.3, -0.25) is 0 Å². The van der Waals surface area contributed by atoms with E-state index in [1.165, 1.54) is 0 Å². The highest BCUT2D eigenvalue weighted by atomic mass is 17.0. The Morgan fingerprint density at radius 2 is 2.42 bits per heavy atom. The molecular formula is C7H11N2O3-. The second kappa shape index (κ2) is 3.10. The van der Waals surface area contributed by atoms with Crippen molar-refractivity contribution in [3.05, 3.63) is 5.21 Å². The van der Waals surface area contributed by atoms with Gasteiger partial charge in [-0.2, -0.15) is 5.48 Å². The van der Waals surface area contributed by atoms with Gasteiger partial charge in [-0.15, -0.1) is 0 Å². The second-order valence-corrected chi connectivity index (χ2v) is 3.38. The van der Waals surface area contributed by atoms with Crippen LogP contribution in [0, 0.1) is 11.1 Å². The monoisotopic (exact) mass is 171 g/mol. The number of carbonyl (C=O) groups is 1. The molecule has 0 radical (unpaired) electrons. The number of aldehydes is 1. The molecule has 0 bridgehead atoms. The van der Waals surface area contributed by atoms with Crippen molar-refractivity contribution < 1.29 is 9.73 Å². The Morgan fingerprint density at radius 1 is 1.58 bits per heavy atom. The Bertz CT molecular complexity index is 187. The van der Waals surface area contributed by atoms with Gasteiger partial charge < -0.3 is 10.0 Å². The van der Waals surface area contributed by atoms with Crippen molar-refractivity contribution in [1.82, 2.24) is 10.7 Å². The first kappa shape index (κ1) is 8.12. The SMILES string of the molecule is O=CC1CCC2C(C1)NON2[O-]. The maximum atomic E-state index is 10.9. The van der Waals surface area contributed by atoms with Crippen molar-refractivity contribution >= 4 is 6.29 Å².